The summed E-state index contributed by atoms with van der Waals surface area (Å²) in [7, 11) is 2.39. The second-order valence-electron chi connectivity index (χ2n) is 7.57. The molecule has 3 aliphatic rings. The molecule has 110 valence electrons. The Hall–Kier alpha value is -0.0800. The third-order valence-corrected chi connectivity index (χ3v) is 6.31. The minimum atomic E-state index is 0.798. The predicted octanol–water partition coefficient (Wildman–Crippen LogP) is 3.42. The van der Waals surface area contributed by atoms with Gasteiger partial charge in [0.15, 0.2) is 0 Å². The number of rotatable bonds is 3. The Bertz CT molecular complexity index is 267. The van der Waals surface area contributed by atoms with Crippen molar-refractivity contribution in [3.05, 3.63) is 0 Å². The van der Waals surface area contributed by atoms with Crippen LogP contribution in [0.4, 0.5) is 0 Å². The monoisotopic (exact) mass is 264 g/mol. The van der Waals surface area contributed by atoms with Crippen LogP contribution >= 0.6 is 0 Å². The van der Waals surface area contributed by atoms with Gasteiger partial charge in [0.1, 0.15) is 0 Å². The van der Waals surface area contributed by atoms with E-state index in [1.54, 1.807) is 0 Å². The van der Waals surface area contributed by atoms with Gasteiger partial charge in [0.25, 0.3) is 0 Å². The molecular weight excluding hydrogens is 232 g/mol. The van der Waals surface area contributed by atoms with E-state index < -0.39 is 0 Å². The first-order chi connectivity index (χ1) is 9.27. The molecule has 2 saturated carbocycles. The van der Waals surface area contributed by atoms with Crippen LogP contribution in [0.2, 0.25) is 0 Å². The highest BCUT2D eigenvalue weighted by molar-refractivity contribution is 4.91. The van der Waals surface area contributed by atoms with Crippen LogP contribution in [0.5, 0.6) is 0 Å². The molecule has 1 saturated heterocycles. The van der Waals surface area contributed by atoms with Crippen LogP contribution in [-0.2, 0) is 0 Å². The molecule has 0 aromatic carbocycles. The lowest BCUT2D eigenvalue weighted by Crippen LogP contribution is -2.42. The standard InChI is InChI=1S/C17H32N2/c1-19(14-15-6-12-18-13-7-15)16-4-10-17(11-5-16)8-2-3-9-17/h15-16,18H,2-14H2,1H3. The molecule has 3 fully saturated rings. The van der Waals surface area contributed by atoms with Crippen LogP contribution in [0.3, 0.4) is 0 Å². The highest BCUT2D eigenvalue weighted by Gasteiger charge is 2.38. The van der Waals surface area contributed by atoms with Gasteiger partial charge in [0.05, 0.1) is 0 Å². The average Bonchev–Trinajstić information content (AvgIpc) is 2.89. The Balaban J connectivity index is 1.44. The van der Waals surface area contributed by atoms with Crippen molar-refractivity contribution >= 4 is 0 Å². The first kappa shape index (κ1) is 13.9. The molecule has 19 heavy (non-hydrogen) atoms. The van der Waals surface area contributed by atoms with Gasteiger partial charge in [-0.1, -0.05) is 12.8 Å². The summed E-state index contributed by atoms with van der Waals surface area (Å²) in [6.07, 6.45) is 14.9. The quantitative estimate of drug-likeness (QED) is 0.840. The SMILES string of the molecule is CN(CC1CCNCC1)C1CCC2(CCCC2)CC1. The normalized spacial score (nSPS) is 29.4. The Kier molecular flexibility index (Phi) is 4.48. The van der Waals surface area contributed by atoms with Gasteiger partial charge in [-0.05, 0) is 82.8 Å². The lowest BCUT2D eigenvalue weighted by molar-refractivity contribution is 0.0932. The first-order valence-electron chi connectivity index (χ1n) is 8.68. The maximum absolute atomic E-state index is 3.48. The van der Waals surface area contributed by atoms with Gasteiger partial charge in [0.2, 0.25) is 0 Å². The Labute approximate surface area is 119 Å². The van der Waals surface area contributed by atoms with Gasteiger partial charge in [-0.3, -0.25) is 0 Å². The smallest absolute Gasteiger partial charge is 0.00927 e. The summed E-state index contributed by atoms with van der Waals surface area (Å²) in [4.78, 5) is 2.71. The molecule has 0 aromatic heterocycles. The van der Waals surface area contributed by atoms with E-state index >= 15 is 0 Å². The van der Waals surface area contributed by atoms with Crippen LogP contribution in [0, 0.1) is 11.3 Å². The van der Waals surface area contributed by atoms with Crippen LogP contribution < -0.4 is 5.32 Å². The topological polar surface area (TPSA) is 15.3 Å². The maximum atomic E-state index is 3.48. The van der Waals surface area contributed by atoms with Crippen molar-refractivity contribution in [1.82, 2.24) is 10.2 Å². The molecular formula is C17H32N2. The Morgan fingerprint density at radius 1 is 0.947 bits per heavy atom. The average molecular weight is 264 g/mol. The minimum absolute atomic E-state index is 0.798. The van der Waals surface area contributed by atoms with Crippen molar-refractivity contribution in [2.24, 2.45) is 11.3 Å². The predicted molar refractivity (Wildman–Crippen MR) is 81.4 cm³/mol. The summed E-state index contributed by atoms with van der Waals surface area (Å²) < 4.78 is 0. The van der Waals surface area contributed by atoms with E-state index in [9.17, 15) is 0 Å². The maximum Gasteiger partial charge on any atom is 0.00927 e. The molecule has 0 amide bonds. The van der Waals surface area contributed by atoms with E-state index in [0.717, 1.165) is 17.4 Å². The summed E-state index contributed by atoms with van der Waals surface area (Å²) in [5, 5.41) is 3.48. The molecule has 1 spiro atoms. The van der Waals surface area contributed by atoms with E-state index in [1.807, 2.05) is 0 Å². The molecule has 0 unspecified atom stereocenters. The summed E-state index contributed by atoms with van der Waals surface area (Å²) >= 11 is 0. The second-order valence-corrected chi connectivity index (χ2v) is 7.57. The van der Waals surface area contributed by atoms with Crippen LogP contribution in [-0.4, -0.2) is 37.6 Å². The third kappa shape index (κ3) is 3.33. The van der Waals surface area contributed by atoms with Gasteiger partial charge in [0, 0.05) is 12.6 Å². The molecule has 2 heteroatoms. The highest BCUT2D eigenvalue weighted by atomic mass is 15.1. The zero-order chi connectivity index (χ0) is 13.1. The van der Waals surface area contributed by atoms with Crippen molar-refractivity contribution < 1.29 is 0 Å². The highest BCUT2D eigenvalue weighted by Crippen LogP contribution is 2.49. The Morgan fingerprint density at radius 2 is 1.58 bits per heavy atom. The molecule has 0 bridgehead atoms. The number of nitrogens with one attached hydrogen (secondary N) is 1. The summed E-state index contributed by atoms with van der Waals surface area (Å²) in [6, 6.07) is 0.890. The van der Waals surface area contributed by atoms with Crippen LogP contribution in [0.25, 0.3) is 0 Å². The fourth-order valence-electron chi connectivity index (χ4n) is 4.90. The lowest BCUT2D eigenvalue weighted by Gasteiger charge is -2.42. The Morgan fingerprint density at radius 3 is 2.21 bits per heavy atom. The minimum Gasteiger partial charge on any atom is -0.317 e. The molecule has 0 radical (unpaired) electrons. The van der Waals surface area contributed by atoms with E-state index in [0.29, 0.717) is 0 Å². The van der Waals surface area contributed by atoms with Gasteiger partial charge in [-0.25, -0.2) is 0 Å². The van der Waals surface area contributed by atoms with E-state index in [-0.39, 0.29) is 0 Å². The number of hydrogen-bond donors (Lipinski definition) is 1. The summed E-state index contributed by atoms with van der Waals surface area (Å²) in [6.45, 7) is 3.83. The zero-order valence-electron chi connectivity index (χ0n) is 12.8. The molecule has 2 nitrogen and oxygen atoms in total. The fraction of sp³-hybridized carbons (Fsp3) is 1.00. The summed E-state index contributed by atoms with van der Waals surface area (Å²) in [5.74, 6) is 0.952. The second kappa shape index (κ2) is 6.13. The molecule has 0 atom stereocenters. The fourth-order valence-corrected chi connectivity index (χ4v) is 4.90. The van der Waals surface area contributed by atoms with Gasteiger partial charge < -0.3 is 10.2 Å². The lowest BCUT2D eigenvalue weighted by atomic mass is 9.71. The molecule has 1 N–H and O–H groups in total. The van der Waals surface area contributed by atoms with E-state index in [1.165, 1.54) is 83.8 Å². The molecule has 1 heterocycles. The molecule has 2 aliphatic carbocycles. The van der Waals surface area contributed by atoms with Crippen molar-refractivity contribution in [2.45, 2.75) is 70.3 Å². The van der Waals surface area contributed by atoms with Crippen molar-refractivity contribution in [3.63, 3.8) is 0 Å². The molecule has 3 rings (SSSR count). The largest absolute Gasteiger partial charge is 0.317 e. The number of nitrogens with zero attached hydrogens (tertiary/aromatic N) is 1. The number of hydrogen-bond acceptors (Lipinski definition) is 2. The van der Waals surface area contributed by atoms with Crippen LogP contribution in [0.1, 0.15) is 64.2 Å². The zero-order valence-corrected chi connectivity index (χ0v) is 12.8. The van der Waals surface area contributed by atoms with Crippen molar-refractivity contribution in [1.29, 1.82) is 0 Å². The van der Waals surface area contributed by atoms with Gasteiger partial charge >= 0.3 is 0 Å². The van der Waals surface area contributed by atoms with Crippen molar-refractivity contribution in [3.8, 4) is 0 Å². The van der Waals surface area contributed by atoms with Crippen LogP contribution in [0.15, 0.2) is 0 Å². The van der Waals surface area contributed by atoms with Gasteiger partial charge in [-0.2, -0.15) is 0 Å². The third-order valence-electron chi connectivity index (χ3n) is 6.31. The molecule has 1 aliphatic heterocycles. The van der Waals surface area contributed by atoms with E-state index in [4.69, 9.17) is 0 Å². The molecule has 0 aromatic rings. The van der Waals surface area contributed by atoms with Gasteiger partial charge in [-0.15, -0.1) is 0 Å². The van der Waals surface area contributed by atoms with E-state index in [2.05, 4.69) is 17.3 Å². The summed E-state index contributed by atoms with van der Waals surface area (Å²) in [5.41, 5.74) is 0.798. The van der Waals surface area contributed by atoms with Crippen molar-refractivity contribution in [2.75, 3.05) is 26.7 Å². The number of piperidine rings is 1. The first-order valence-corrected chi connectivity index (χ1v) is 8.68.